The number of thiazole rings is 1. The van der Waals surface area contributed by atoms with Crippen LogP contribution in [0.4, 0.5) is 5.82 Å². The average molecular weight is 381 g/mol. The van der Waals surface area contributed by atoms with E-state index in [4.69, 9.17) is 9.97 Å². The van der Waals surface area contributed by atoms with E-state index in [0.717, 1.165) is 62.0 Å². The van der Waals surface area contributed by atoms with Crippen molar-refractivity contribution in [2.45, 2.75) is 26.8 Å². The zero-order valence-corrected chi connectivity index (χ0v) is 16.6. The van der Waals surface area contributed by atoms with Crippen LogP contribution in [-0.4, -0.2) is 51.0 Å². The van der Waals surface area contributed by atoms with Gasteiger partial charge in [-0.15, -0.1) is 11.3 Å². The van der Waals surface area contributed by atoms with Crippen LogP contribution in [0, 0.1) is 6.92 Å². The number of piperazine rings is 1. The van der Waals surface area contributed by atoms with E-state index in [0.29, 0.717) is 0 Å². The van der Waals surface area contributed by atoms with Gasteiger partial charge in [0.15, 0.2) is 5.82 Å². The second-order valence-electron chi connectivity index (χ2n) is 6.78. The van der Waals surface area contributed by atoms with E-state index in [-0.39, 0.29) is 0 Å². The van der Waals surface area contributed by atoms with E-state index >= 15 is 0 Å². The van der Waals surface area contributed by atoms with Crippen LogP contribution >= 0.6 is 11.3 Å². The Labute approximate surface area is 163 Å². The summed E-state index contributed by atoms with van der Waals surface area (Å²) in [7, 11) is 0. The maximum absolute atomic E-state index is 4.80. The molecule has 0 amide bonds. The first-order valence-electron chi connectivity index (χ1n) is 9.38. The maximum Gasteiger partial charge on any atom is 0.163 e. The molecule has 0 radical (unpaired) electrons. The number of aromatic nitrogens is 4. The molecule has 1 aliphatic heterocycles. The third-order valence-corrected chi connectivity index (χ3v) is 5.79. The molecule has 3 aromatic rings. The molecule has 0 bridgehead atoms. The van der Waals surface area contributed by atoms with E-state index in [9.17, 15) is 0 Å². The highest BCUT2D eigenvalue weighted by Gasteiger charge is 2.20. The molecule has 0 aliphatic carbocycles. The molecule has 1 fully saturated rings. The summed E-state index contributed by atoms with van der Waals surface area (Å²) in [5.41, 5.74) is 3.13. The van der Waals surface area contributed by atoms with Crippen LogP contribution in [0.1, 0.15) is 23.3 Å². The molecule has 3 aromatic heterocycles. The second-order valence-corrected chi connectivity index (χ2v) is 7.72. The molecule has 0 unspecified atom stereocenters. The van der Waals surface area contributed by atoms with Gasteiger partial charge in [0.25, 0.3) is 0 Å². The summed E-state index contributed by atoms with van der Waals surface area (Å²) in [5, 5.41) is 3.42. The smallest absolute Gasteiger partial charge is 0.163 e. The van der Waals surface area contributed by atoms with Crippen molar-refractivity contribution < 1.29 is 0 Å². The Morgan fingerprint density at radius 3 is 2.67 bits per heavy atom. The third-order valence-electron chi connectivity index (χ3n) is 4.74. The van der Waals surface area contributed by atoms with Crippen molar-refractivity contribution in [3.05, 3.63) is 52.4 Å². The van der Waals surface area contributed by atoms with Crippen molar-refractivity contribution in [1.29, 1.82) is 0 Å². The van der Waals surface area contributed by atoms with Gasteiger partial charge in [0, 0.05) is 67.8 Å². The predicted octanol–water partition coefficient (Wildman–Crippen LogP) is 3.19. The van der Waals surface area contributed by atoms with Crippen LogP contribution < -0.4 is 4.90 Å². The lowest BCUT2D eigenvalue weighted by Crippen LogP contribution is -2.46. The van der Waals surface area contributed by atoms with Gasteiger partial charge in [0.2, 0.25) is 0 Å². The lowest BCUT2D eigenvalue weighted by molar-refractivity contribution is 0.247. The zero-order valence-electron chi connectivity index (χ0n) is 15.8. The van der Waals surface area contributed by atoms with Gasteiger partial charge in [-0.2, -0.15) is 0 Å². The first-order valence-corrected chi connectivity index (χ1v) is 10.3. The summed E-state index contributed by atoms with van der Waals surface area (Å²) in [4.78, 5) is 23.1. The summed E-state index contributed by atoms with van der Waals surface area (Å²) in [6.45, 7) is 9.09. The van der Waals surface area contributed by atoms with Gasteiger partial charge in [0.05, 0.1) is 10.7 Å². The van der Waals surface area contributed by atoms with E-state index < -0.39 is 0 Å². The summed E-state index contributed by atoms with van der Waals surface area (Å²) < 4.78 is 0. The standard InChI is InChI=1S/C20H24N6S/c1-3-19-23-17(14-27-19)13-25-7-9-26(10-8-25)18-11-15(2)22-20(24-18)16-5-4-6-21-12-16/h4-6,11-12,14H,3,7-10,13H2,1-2H3. The van der Waals surface area contributed by atoms with Gasteiger partial charge >= 0.3 is 0 Å². The quantitative estimate of drug-likeness (QED) is 0.678. The highest BCUT2D eigenvalue weighted by atomic mass is 32.1. The molecule has 0 spiro atoms. The predicted molar refractivity (Wildman–Crippen MR) is 109 cm³/mol. The van der Waals surface area contributed by atoms with Gasteiger partial charge in [-0.05, 0) is 25.5 Å². The normalized spacial score (nSPS) is 15.3. The van der Waals surface area contributed by atoms with E-state index in [2.05, 4.69) is 38.1 Å². The molecule has 1 aliphatic rings. The fourth-order valence-electron chi connectivity index (χ4n) is 3.29. The number of pyridine rings is 1. The number of hydrogen-bond donors (Lipinski definition) is 0. The number of aryl methyl sites for hydroxylation is 2. The third kappa shape index (κ3) is 4.31. The van der Waals surface area contributed by atoms with Gasteiger partial charge in [0.1, 0.15) is 5.82 Å². The summed E-state index contributed by atoms with van der Waals surface area (Å²) in [6.07, 6.45) is 4.60. The summed E-state index contributed by atoms with van der Waals surface area (Å²) >= 11 is 1.77. The molecule has 27 heavy (non-hydrogen) atoms. The van der Waals surface area contributed by atoms with Gasteiger partial charge in [-0.1, -0.05) is 6.92 Å². The molecule has 7 heteroatoms. The van der Waals surface area contributed by atoms with Crippen LogP contribution in [0.5, 0.6) is 0 Å². The lowest BCUT2D eigenvalue weighted by Gasteiger charge is -2.35. The SMILES string of the molecule is CCc1nc(CN2CCN(c3cc(C)nc(-c4cccnc4)n3)CC2)cs1. The molecule has 4 rings (SSSR count). The molecule has 1 saturated heterocycles. The molecule has 0 N–H and O–H groups in total. The Hall–Kier alpha value is -2.38. The average Bonchev–Trinajstić information content (AvgIpc) is 3.16. The number of anilines is 1. The fraction of sp³-hybridized carbons (Fsp3) is 0.400. The molecular formula is C20H24N6S. The highest BCUT2D eigenvalue weighted by molar-refractivity contribution is 7.09. The molecule has 6 nitrogen and oxygen atoms in total. The maximum atomic E-state index is 4.80. The Morgan fingerprint density at radius 2 is 1.96 bits per heavy atom. The first kappa shape index (κ1) is 18.0. The Kier molecular flexibility index (Phi) is 5.40. The van der Waals surface area contributed by atoms with Crippen LogP contribution in [-0.2, 0) is 13.0 Å². The van der Waals surface area contributed by atoms with Gasteiger partial charge in [-0.25, -0.2) is 15.0 Å². The van der Waals surface area contributed by atoms with E-state index in [1.54, 1.807) is 17.5 Å². The van der Waals surface area contributed by atoms with Crippen molar-refractivity contribution in [3.63, 3.8) is 0 Å². The van der Waals surface area contributed by atoms with Crippen molar-refractivity contribution in [3.8, 4) is 11.4 Å². The Balaban J connectivity index is 1.42. The summed E-state index contributed by atoms with van der Waals surface area (Å²) in [6, 6.07) is 5.99. The van der Waals surface area contributed by atoms with Crippen LogP contribution in [0.15, 0.2) is 36.0 Å². The highest BCUT2D eigenvalue weighted by Crippen LogP contribution is 2.21. The van der Waals surface area contributed by atoms with Crippen LogP contribution in [0.3, 0.4) is 0 Å². The van der Waals surface area contributed by atoms with Crippen LogP contribution in [0.25, 0.3) is 11.4 Å². The van der Waals surface area contributed by atoms with Gasteiger partial charge < -0.3 is 4.90 Å². The monoisotopic (exact) mass is 380 g/mol. The molecule has 0 atom stereocenters. The summed E-state index contributed by atoms with van der Waals surface area (Å²) in [5.74, 6) is 1.75. The van der Waals surface area contributed by atoms with Crippen molar-refractivity contribution in [2.24, 2.45) is 0 Å². The van der Waals surface area contributed by atoms with Gasteiger partial charge in [-0.3, -0.25) is 9.88 Å². The number of rotatable bonds is 5. The number of nitrogens with zero attached hydrogens (tertiary/aromatic N) is 6. The molecule has 140 valence electrons. The van der Waals surface area contributed by atoms with E-state index in [1.807, 2.05) is 25.3 Å². The van der Waals surface area contributed by atoms with Crippen molar-refractivity contribution in [1.82, 2.24) is 24.8 Å². The topological polar surface area (TPSA) is 58.0 Å². The molecule has 4 heterocycles. The minimum absolute atomic E-state index is 0.745. The second kappa shape index (κ2) is 8.10. The molecule has 0 aromatic carbocycles. The van der Waals surface area contributed by atoms with Crippen molar-refractivity contribution >= 4 is 17.2 Å². The minimum Gasteiger partial charge on any atom is -0.354 e. The minimum atomic E-state index is 0.745. The van der Waals surface area contributed by atoms with Crippen molar-refractivity contribution in [2.75, 3.05) is 31.1 Å². The number of hydrogen-bond acceptors (Lipinski definition) is 7. The molecule has 0 saturated carbocycles. The Morgan fingerprint density at radius 1 is 1.11 bits per heavy atom. The van der Waals surface area contributed by atoms with E-state index in [1.165, 1.54) is 10.7 Å². The molecular weight excluding hydrogens is 356 g/mol. The lowest BCUT2D eigenvalue weighted by atomic mass is 10.2. The largest absolute Gasteiger partial charge is 0.354 e. The Bertz CT molecular complexity index is 886. The zero-order chi connectivity index (χ0) is 18.6. The van der Waals surface area contributed by atoms with Crippen LogP contribution in [0.2, 0.25) is 0 Å². The first-order chi connectivity index (χ1) is 13.2. The fourth-order valence-corrected chi connectivity index (χ4v) is 4.02.